The second-order valence-electron chi connectivity index (χ2n) is 6.83. The largest absolute Gasteiger partial charge is 0.261 e. The van der Waals surface area contributed by atoms with Crippen molar-refractivity contribution < 1.29 is 8.78 Å². The van der Waals surface area contributed by atoms with E-state index in [2.05, 4.69) is 18.8 Å². The van der Waals surface area contributed by atoms with E-state index in [1.807, 2.05) is 36.4 Å². The van der Waals surface area contributed by atoms with Gasteiger partial charge >= 0.3 is 0 Å². The molecule has 2 aromatic carbocycles. The van der Waals surface area contributed by atoms with E-state index in [0.717, 1.165) is 31.4 Å². The summed E-state index contributed by atoms with van der Waals surface area (Å²) in [5, 5.41) is 0. The summed E-state index contributed by atoms with van der Waals surface area (Å²) < 4.78 is 29.4. The molecule has 1 aromatic heterocycles. The van der Waals surface area contributed by atoms with Gasteiger partial charge in [-0.2, -0.15) is 0 Å². The zero-order valence-corrected chi connectivity index (χ0v) is 15.9. The van der Waals surface area contributed by atoms with Crippen LogP contribution in [0.2, 0.25) is 0 Å². The number of aromatic nitrogens is 1. The van der Waals surface area contributed by atoms with Crippen molar-refractivity contribution in [3.8, 4) is 22.3 Å². The Hall–Kier alpha value is -2.55. The van der Waals surface area contributed by atoms with Gasteiger partial charge in [0.25, 0.3) is 0 Å². The molecule has 140 valence electrons. The lowest BCUT2D eigenvalue weighted by Gasteiger charge is -2.10. The molecule has 0 radical (unpaired) electrons. The van der Waals surface area contributed by atoms with E-state index in [4.69, 9.17) is 0 Å². The Balaban J connectivity index is 1.86. The standard InChI is InChI=1S/C24H25F2N/c1-3-5-6-7-20-13-12-19(16-27-20)22-15-14-21(23(25)24(22)26)18-10-8-17(4-2)9-11-18/h8-16H,3-7H2,1-2H3. The van der Waals surface area contributed by atoms with Gasteiger partial charge in [-0.1, -0.05) is 69.2 Å². The average Bonchev–Trinajstić information content (AvgIpc) is 2.71. The van der Waals surface area contributed by atoms with E-state index >= 15 is 0 Å². The molecule has 1 nitrogen and oxygen atoms in total. The van der Waals surface area contributed by atoms with Gasteiger partial charge in [-0.3, -0.25) is 4.98 Å². The van der Waals surface area contributed by atoms with Crippen molar-refractivity contribution in [2.24, 2.45) is 0 Å². The molecule has 0 saturated carbocycles. The van der Waals surface area contributed by atoms with Gasteiger partial charge in [-0.05, 0) is 36.5 Å². The lowest BCUT2D eigenvalue weighted by atomic mass is 9.98. The lowest BCUT2D eigenvalue weighted by Crippen LogP contribution is -1.96. The van der Waals surface area contributed by atoms with Crippen molar-refractivity contribution in [1.82, 2.24) is 4.98 Å². The third-order valence-corrected chi connectivity index (χ3v) is 4.93. The van der Waals surface area contributed by atoms with Gasteiger partial charge < -0.3 is 0 Å². The number of rotatable bonds is 7. The van der Waals surface area contributed by atoms with E-state index in [0.29, 0.717) is 11.1 Å². The van der Waals surface area contributed by atoms with Crippen molar-refractivity contribution in [3.63, 3.8) is 0 Å². The van der Waals surface area contributed by atoms with Crippen LogP contribution in [-0.4, -0.2) is 4.98 Å². The van der Waals surface area contributed by atoms with Crippen LogP contribution in [0.5, 0.6) is 0 Å². The first kappa shape index (κ1) is 19.2. The predicted octanol–water partition coefficient (Wildman–Crippen LogP) is 6.99. The maximum atomic E-state index is 14.7. The molecule has 3 heteroatoms. The van der Waals surface area contributed by atoms with Crippen LogP contribution in [-0.2, 0) is 12.8 Å². The number of unbranched alkanes of at least 4 members (excludes halogenated alkanes) is 2. The fraction of sp³-hybridized carbons (Fsp3) is 0.292. The molecule has 0 fully saturated rings. The van der Waals surface area contributed by atoms with E-state index in [1.165, 1.54) is 12.0 Å². The third kappa shape index (κ3) is 4.41. The van der Waals surface area contributed by atoms with E-state index < -0.39 is 11.6 Å². The topological polar surface area (TPSA) is 12.9 Å². The second-order valence-corrected chi connectivity index (χ2v) is 6.83. The van der Waals surface area contributed by atoms with Crippen LogP contribution in [0.4, 0.5) is 8.78 Å². The molecule has 0 spiro atoms. The first-order chi connectivity index (χ1) is 13.1. The van der Waals surface area contributed by atoms with Gasteiger partial charge in [-0.25, -0.2) is 8.78 Å². The Morgan fingerprint density at radius 1 is 0.741 bits per heavy atom. The number of hydrogen-bond acceptors (Lipinski definition) is 1. The van der Waals surface area contributed by atoms with Gasteiger partial charge in [0.1, 0.15) is 0 Å². The van der Waals surface area contributed by atoms with Crippen LogP contribution in [0, 0.1) is 11.6 Å². The molecule has 0 aliphatic carbocycles. The maximum absolute atomic E-state index is 14.7. The fourth-order valence-corrected chi connectivity index (χ4v) is 3.20. The summed E-state index contributed by atoms with van der Waals surface area (Å²) in [5.74, 6) is -1.64. The second kappa shape index (κ2) is 8.90. The normalized spacial score (nSPS) is 11.0. The van der Waals surface area contributed by atoms with Crippen molar-refractivity contribution in [2.75, 3.05) is 0 Å². The highest BCUT2D eigenvalue weighted by molar-refractivity contribution is 5.71. The minimum absolute atomic E-state index is 0.244. The summed E-state index contributed by atoms with van der Waals surface area (Å²) in [6.07, 6.45) is 6.89. The fourth-order valence-electron chi connectivity index (χ4n) is 3.20. The minimum Gasteiger partial charge on any atom is -0.261 e. The molecule has 1 heterocycles. The van der Waals surface area contributed by atoms with Crippen molar-refractivity contribution in [1.29, 1.82) is 0 Å². The summed E-state index contributed by atoms with van der Waals surface area (Å²) in [7, 11) is 0. The first-order valence-corrected chi connectivity index (χ1v) is 9.66. The number of aryl methyl sites for hydroxylation is 2. The van der Waals surface area contributed by atoms with Crippen molar-refractivity contribution >= 4 is 0 Å². The molecule has 0 atom stereocenters. The molecule has 0 N–H and O–H groups in total. The Labute approximate surface area is 160 Å². The first-order valence-electron chi connectivity index (χ1n) is 9.66. The predicted molar refractivity (Wildman–Crippen MR) is 108 cm³/mol. The van der Waals surface area contributed by atoms with Gasteiger partial charge in [0.2, 0.25) is 0 Å². The van der Waals surface area contributed by atoms with Gasteiger partial charge in [0.15, 0.2) is 11.6 Å². The molecule has 27 heavy (non-hydrogen) atoms. The molecule has 0 aliphatic heterocycles. The highest BCUT2D eigenvalue weighted by Gasteiger charge is 2.16. The molecule has 0 unspecified atom stereocenters. The van der Waals surface area contributed by atoms with Gasteiger partial charge in [0, 0.05) is 28.6 Å². The van der Waals surface area contributed by atoms with Crippen LogP contribution in [0.1, 0.15) is 44.4 Å². The maximum Gasteiger partial charge on any atom is 0.167 e. The lowest BCUT2D eigenvalue weighted by molar-refractivity contribution is 0.514. The highest BCUT2D eigenvalue weighted by Crippen LogP contribution is 2.31. The summed E-state index contributed by atoms with van der Waals surface area (Å²) in [4.78, 5) is 4.41. The van der Waals surface area contributed by atoms with Crippen LogP contribution < -0.4 is 0 Å². The molecular formula is C24H25F2N. The Kier molecular flexibility index (Phi) is 6.33. The SMILES string of the molecule is CCCCCc1ccc(-c2ccc(-c3ccc(CC)cc3)c(F)c2F)cn1. The molecule has 0 bridgehead atoms. The minimum atomic E-state index is -0.826. The molecule has 3 aromatic rings. The summed E-state index contributed by atoms with van der Waals surface area (Å²) in [5.41, 5.74) is 3.96. The summed E-state index contributed by atoms with van der Waals surface area (Å²) in [6, 6.07) is 14.6. The van der Waals surface area contributed by atoms with E-state index in [-0.39, 0.29) is 11.1 Å². The van der Waals surface area contributed by atoms with Crippen LogP contribution in [0.3, 0.4) is 0 Å². The average molecular weight is 365 g/mol. The van der Waals surface area contributed by atoms with Crippen molar-refractivity contribution in [2.45, 2.75) is 46.0 Å². The van der Waals surface area contributed by atoms with E-state index in [1.54, 1.807) is 18.3 Å². The van der Waals surface area contributed by atoms with Gasteiger partial charge in [-0.15, -0.1) is 0 Å². The summed E-state index contributed by atoms with van der Waals surface area (Å²) >= 11 is 0. The molecule has 0 aliphatic rings. The molecular weight excluding hydrogens is 340 g/mol. The van der Waals surface area contributed by atoms with Crippen LogP contribution in [0.15, 0.2) is 54.7 Å². The summed E-state index contributed by atoms with van der Waals surface area (Å²) in [6.45, 7) is 4.23. The van der Waals surface area contributed by atoms with Gasteiger partial charge in [0.05, 0.1) is 0 Å². The number of nitrogens with zero attached hydrogens (tertiary/aromatic N) is 1. The number of hydrogen-bond donors (Lipinski definition) is 0. The van der Waals surface area contributed by atoms with Crippen LogP contribution in [0.25, 0.3) is 22.3 Å². The Morgan fingerprint density at radius 2 is 1.37 bits per heavy atom. The number of pyridine rings is 1. The monoisotopic (exact) mass is 365 g/mol. The number of benzene rings is 2. The zero-order chi connectivity index (χ0) is 19.2. The quantitative estimate of drug-likeness (QED) is 0.411. The number of halogens is 2. The molecule has 0 saturated heterocycles. The third-order valence-electron chi connectivity index (χ3n) is 4.93. The highest BCUT2D eigenvalue weighted by atomic mass is 19.2. The van der Waals surface area contributed by atoms with Crippen LogP contribution >= 0.6 is 0 Å². The molecule has 3 rings (SSSR count). The molecule has 0 amide bonds. The zero-order valence-electron chi connectivity index (χ0n) is 15.9. The van der Waals surface area contributed by atoms with E-state index in [9.17, 15) is 8.78 Å². The smallest absolute Gasteiger partial charge is 0.167 e. The van der Waals surface area contributed by atoms with Crippen molar-refractivity contribution in [3.05, 3.63) is 77.6 Å². The Bertz CT molecular complexity index is 884. The Morgan fingerprint density at radius 3 is 1.93 bits per heavy atom.